The number of esters is 1. The Morgan fingerprint density at radius 1 is 1.38 bits per heavy atom. The van der Waals surface area contributed by atoms with Gasteiger partial charge < -0.3 is 15.4 Å². The Morgan fingerprint density at radius 3 is 2.56 bits per heavy atom. The lowest BCUT2D eigenvalue weighted by Gasteiger charge is -2.48. The number of piperidine rings is 1. The zero-order chi connectivity index (χ0) is 11.8. The summed E-state index contributed by atoms with van der Waals surface area (Å²) in [5.41, 5.74) is -0.0337. The van der Waals surface area contributed by atoms with Gasteiger partial charge in [0.2, 0.25) is 0 Å². The van der Waals surface area contributed by atoms with Crippen LogP contribution < -0.4 is 10.6 Å². The van der Waals surface area contributed by atoms with E-state index in [1.807, 2.05) is 20.8 Å². The lowest BCUT2D eigenvalue weighted by atomic mass is 9.71. The first kappa shape index (κ1) is 11.9. The summed E-state index contributed by atoms with van der Waals surface area (Å²) in [4.78, 5) is 11.9. The fraction of sp³-hybridized carbons (Fsp3) is 0.917. The van der Waals surface area contributed by atoms with E-state index in [1.54, 1.807) is 0 Å². The maximum absolute atomic E-state index is 11.9. The second kappa shape index (κ2) is 4.00. The molecule has 0 saturated carbocycles. The highest BCUT2D eigenvalue weighted by Gasteiger charge is 2.43. The van der Waals surface area contributed by atoms with Gasteiger partial charge in [0, 0.05) is 13.1 Å². The van der Waals surface area contributed by atoms with Gasteiger partial charge in [-0.05, 0) is 45.6 Å². The van der Waals surface area contributed by atoms with E-state index >= 15 is 0 Å². The lowest BCUT2D eigenvalue weighted by molar-refractivity contribution is -0.159. The van der Waals surface area contributed by atoms with Crippen molar-refractivity contribution in [2.45, 2.75) is 45.3 Å². The monoisotopic (exact) mass is 226 g/mol. The average molecular weight is 226 g/mol. The molecule has 92 valence electrons. The number of nitrogens with one attached hydrogen (secondary N) is 2. The minimum absolute atomic E-state index is 0.0986. The first-order valence-electron chi connectivity index (χ1n) is 6.07. The van der Waals surface area contributed by atoms with Crippen LogP contribution in [0.2, 0.25) is 0 Å². The fourth-order valence-electron chi connectivity index (χ4n) is 2.46. The van der Waals surface area contributed by atoms with Gasteiger partial charge in [0.25, 0.3) is 0 Å². The van der Waals surface area contributed by atoms with E-state index in [0.717, 1.165) is 26.1 Å². The molecule has 1 unspecified atom stereocenters. The second-order valence-electron chi connectivity index (χ2n) is 6.10. The first-order chi connectivity index (χ1) is 7.40. The van der Waals surface area contributed by atoms with E-state index in [-0.39, 0.29) is 17.6 Å². The Kier molecular flexibility index (Phi) is 2.97. The van der Waals surface area contributed by atoms with Gasteiger partial charge >= 0.3 is 5.97 Å². The van der Waals surface area contributed by atoms with Gasteiger partial charge in [-0.3, -0.25) is 4.79 Å². The molecule has 4 heteroatoms. The van der Waals surface area contributed by atoms with Crippen LogP contribution in [-0.2, 0) is 9.53 Å². The molecule has 0 amide bonds. The van der Waals surface area contributed by atoms with Crippen molar-refractivity contribution in [3.63, 3.8) is 0 Å². The minimum atomic E-state index is -0.388. The summed E-state index contributed by atoms with van der Waals surface area (Å²) in [5.74, 6) is -0.0986. The van der Waals surface area contributed by atoms with Gasteiger partial charge in [-0.1, -0.05) is 0 Å². The molecule has 16 heavy (non-hydrogen) atoms. The minimum Gasteiger partial charge on any atom is -0.459 e. The summed E-state index contributed by atoms with van der Waals surface area (Å²) in [5, 5.41) is 6.56. The molecular formula is C12H22N2O2. The quantitative estimate of drug-likeness (QED) is 0.645. The largest absolute Gasteiger partial charge is 0.459 e. The number of rotatable bonds is 1. The van der Waals surface area contributed by atoms with Crippen LogP contribution in [-0.4, -0.2) is 37.2 Å². The number of hydrogen-bond acceptors (Lipinski definition) is 4. The Balaban J connectivity index is 1.91. The third-order valence-electron chi connectivity index (χ3n) is 3.37. The highest BCUT2D eigenvalue weighted by molar-refractivity contribution is 5.76. The maximum Gasteiger partial charge on any atom is 0.323 e. The highest BCUT2D eigenvalue weighted by atomic mass is 16.6. The molecule has 0 aromatic heterocycles. The van der Waals surface area contributed by atoms with Gasteiger partial charge in [0.1, 0.15) is 11.6 Å². The van der Waals surface area contributed by atoms with Gasteiger partial charge in [-0.25, -0.2) is 0 Å². The van der Waals surface area contributed by atoms with E-state index in [0.29, 0.717) is 5.41 Å². The molecule has 1 spiro atoms. The number of carbonyl (C=O) groups is 1. The Morgan fingerprint density at radius 2 is 2.06 bits per heavy atom. The van der Waals surface area contributed by atoms with Crippen molar-refractivity contribution < 1.29 is 9.53 Å². The number of carbonyl (C=O) groups excluding carboxylic acids is 1. The molecule has 2 aliphatic heterocycles. The van der Waals surface area contributed by atoms with Crippen molar-refractivity contribution in [2.75, 3.05) is 19.6 Å². The van der Waals surface area contributed by atoms with E-state index in [9.17, 15) is 4.79 Å². The van der Waals surface area contributed by atoms with Gasteiger partial charge in [0.15, 0.2) is 0 Å². The topological polar surface area (TPSA) is 50.4 Å². The smallest absolute Gasteiger partial charge is 0.323 e. The predicted molar refractivity (Wildman–Crippen MR) is 62.2 cm³/mol. The van der Waals surface area contributed by atoms with Gasteiger partial charge in [-0.15, -0.1) is 0 Å². The molecule has 1 atom stereocenters. The van der Waals surface area contributed by atoms with Crippen molar-refractivity contribution in [3.8, 4) is 0 Å². The molecular weight excluding hydrogens is 204 g/mol. The maximum atomic E-state index is 11.9. The van der Waals surface area contributed by atoms with Crippen molar-refractivity contribution >= 4 is 5.97 Å². The molecule has 0 aromatic rings. The van der Waals surface area contributed by atoms with Crippen LogP contribution in [0.4, 0.5) is 0 Å². The molecule has 2 fully saturated rings. The Labute approximate surface area is 97.1 Å². The van der Waals surface area contributed by atoms with Crippen molar-refractivity contribution in [2.24, 2.45) is 5.41 Å². The van der Waals surface area contributed by atoms with Gasteiger partial charge in [-0.2, -0.15) is 0 Å². The zero-order valence-electron chi connectivity index (χ0n) is 10.4. The SMILES string of the molecule is CC(C)(C)OC(=O)C1CC2(CCN1)CNC2. The number of hydrogen-bond donors (Lipinski definition) is 2. The molecule has 2 rings (SSSR count). The summed E-state index contributed by atoms with van der Waals surface area (Å²) < 4.78 is 5.42. The van der Waals surface area contributed by atoms with Crippen molar-refractivity contribution in [1.29, 1.82) is 0 Å². The fourth-order valence-corrected chi connectivity index (χ4v) is 2.46. The normalized spacial score (nSPS) is 28.6. The second-order valence-corrected chi connectivity index (χ2v) is 6.10. The van der Waals surface area contributed by atoms with E-state index in [1.165, 1.54) is 6.42 Å². The first-order valence-corrected chi connectivity index (χ1v) is 6.07. The van der Waals surface area contributed by atoms with Crippen LogP contribution in [0.15, 0.2) is 0 Å². The summed E-state index contributed by atoms with van der Waals surface area (Å²) in [6, 6.07) is -0.116. The molecule has 0 aliphatic carbocycles. The Bertz CT molecular complexity index is 279. The third-order valence-corrected chi connectivity index (χ3v) is 3.37. The highest BCUT2D eigenvalue weighted by Crippen LogP contribution is 2.35. The summed E-state index contributed by atoms with van der Waals surface area (Å²) >= 11 is 0. The van der Waals surface area contributed by atoms with E-state index in [2.05, 4.69) is 10.6 Å². The zero-order valence-corrected chi connectivity index (χ0v) is 10.4. The van der Waals surface area contributed by atoms with E-state index < -0.39 is 0 Å². The standard InChI is InChI=1S/C12H22N2O2/c1-11(2,3)16-10(15)9-6-12(4-5-14-9)7-13-8-12/h9,13-14H,4-8H2,1-3H3. The van der Waals surface area contributed by atoms with Crippen LogP contribution in [0.5, 0.6) is 0 Å². The molecule has 0 bridgehead atoms. The number of ether oxygens (including phenoxy) is 1. The molecule has 2 N–H and O–H groups in total. The van der Waals surface area contributed by atoms with Crippen LogP contribution in [0.25, 0.3) is 0 Å². The van der Waals surface area contributed by atoms with Crippen LogP contribution in [0.1, 0.15) is 33.6 Å². The van der Waals surface area contributed by atoms with Crippen LogP contribution in [0.3, 0.4) is 0 Å². The molecule has 2 aliphatic rings. The molecule has 2 heterocycles. The Hall–Kier alpha value is -0.610. The molecule has 2 saturated heterocycles. The van der Waals surface area contributed by atoms with E-state index in [4.69, 9.17) is 4.74 Å². The van der Waals surface area contributed by atoms with Crippen LogP contribution >= 0.6 is 0 Å². The molecule has 0 radical (unpaired) electrons. The summed E-state index contributed by atoms with van der Waals surface area (Å²) in [7, 11) is 0. The van der Waals surface area contributed by atoms with Crippen LogP contribution in [0, 0.1) is 5.41 Å². The lowest BCUT2D eigenvalue weighted by Crippen LogP contribution is -2.61. The third kappa shape index (κ3) is 2.55. The average Bonchev–Trinajstić information content (AvgIpc) is 2.13. The van der Waals surface area contributed by atoms with Crippen molar-refractivity contribution in [1.82, 2.24) is 10.6 Å². The van der Waals surface area contributed by atoms with Crippen molar-refractivity contribution in [3.05, 3.63) is 0 Å². The predicted octanol–water partition coefficient (Wildman–Crippen LogP) is 0.670. The molecule has 4 nitrogen and oxygen atoms in total. The summed E-state index contributed by atoms with van der Waals surface area (Å²) in [6.45, 7) is 8.75. The summed E-state index contributed by atoms with van der Waals surface area (Å²) in [6.07, 6.45) is 2.08. The van der Waals surface area contributed by atoms with Gasteiger partial charge in [0.05, 0.1) is 0 Å². The molecule has 0 aromatic carbocycles.